The highest BCUT2D eigenvalue weighted by atomic mass is 32.2. The SMILES string of the molecule is CCCNC(CSCCO)(C(N)=O)C1CC1. The van der Waals surface area contributed by atoms with Gasteiger partial charge < -0.3 is 16.2 Å². The van der Waals surface area contributed by atoms with Crippen molar-refractivity contribution in [2.45, 2.75) is 31.7 Å². The lowest BCUT2D eigenvalue weighted by Crippen LogP contribution is -2.59. The second kappa shape index (κ2) is 6.47. The number of rotatable bonds is 9. The summed E-state index contributed by atoms with van der Waals surface area (Å²) in [6.07, 6.45) is 3.16. The van der Waals surface area contributed by atoms with Crippen molar-refractivity contribution in [3.05, 3.63) is 0 Å². The zero-order valence-corrected chi connectivity index (χ0v) is 10.7. The molecule has 0 aromatic heterocycles. The van der Waals surface area contributed by atoms with E-state index in [0.29, 0.717) is 17.4 Å². The van der Waals surface area contributed by atoms with Gasteiger partial charge in [-0.15, -0.1) is 0 Å². The lowest BCUT2D eigenvalue weighted by atomic mass is 9.94. The molecule has 0 bridgehead atoms. The summed E-state index contributed by atoms with van der Waals surface area (Å²) in [4.78, 5) is 11.7. The highest BCUT2D eigenvalue weighted by Gasteiger charge is 2.49. The monoisotopic (exact) mass is 246 g/mol. The van der Waals surface area contributed by atoms with E-state index < -0.39 is 5.54 Å². The number of nitrogens with two attached hydrogens (primary N) is 1. The first-order chi connectivity index (χ1) is 7.67. The van der Waals surface area contributed by atoms with Crippen molar-refractivity contribution in [2.24, 2.45) is 11.7 Å². The lowest BCUT2D eigenvalue weighted by molar-refractivity contribution is -0.124. The Morgan fingerprint density at radius 2 is 2.31 bits per heavy atom. The standard InChI is InChI=1S/C11H22N2O2S/c1-2-5-13-11(10(12)15,9-3-4-9)8-16-7-6-14/h9,13-14H,2-8H2,1H3,(H2,12,15). The van der Waals surface area contributed by atoms with E-state index in [1.54, 1.807) is 11.8 Å². The molecule has 5 heteroatoms. The van der Waals surface area contributed by atoms with Gasteiger partial charge in [0, 0.05) is 11.5 Å². The van der Waals surface area contributed by atoms with E-state index in [1.807, 2.05) is 0 Å². The Hall–Kier alpha value is -0.260. The van der Waals surface area contributed by atoms with E-state index in [1.165, 1.54) is 0 Å². The molecule has 16 heavy (non-hydrogen) atoms. The quantitative estimate of drug-likeness (QED) is 0.513. The Labute approximate surface area is 101 Å². The van der Waals surface area contributed by atoms with Crippen LogP contribution in [0.1, 0.15) is 26.2 Å². The Kier molecular flexibility index (Phi) is 5.58. The van der Waals surface area contributed by atoms with Crippen LogP contribution >= 0.6 is 11.8 Å². The number of hydrogen-bond donors (Lipinski definition) is 3. The van der Waals surface area contributed by atoms with Crippen molar-refractivity contribution >= 4 is 17.7 Å². The first-order valence-electron chi connectivity index (χ1n) is 5.91. The molecule has 0 aliphatic heterocycles. The number of aliphatic hydroxyl groups is 1. The molecule has 0 aromatic carbocycles. The number of amides is 1. The Morgan fingerprint density at radius 3 is 2.75 bits per heavy atom. The van der Waals surface area contributed by atoms with Gasteiger partial charge in [-0.3, -0.25) is 4.79 Å². The maximum absolute atomic E-state index is 11.7. The number of primary amides is 1. The van der Waals surface area contributed by atoms with Crippen LogP contribution in [0.4, 0.5) is 0 Å². The summed E-state index contributed by atoms with van der Waals surface area (Å²) in [5.41, 5.74) is 5.01. The van der Waals surface area contributed by atoms with Crippen LogP contribution < -0.4 is 11.1 Å². The number of thioether (sulfide) groups is 1. The van der Waals surface area contributed by atoms with Crippen LogP contribution in [-0.4, -0.2) is 41.2 Å². The Bertz CT molecular complexity index is 234. The van der Waals surface area contributed by atoms with Crippen LogP contribution in [0.5, 0.6) is 0 Å². The van der Waals surface area contributed by atoms with Gasteiger partial charge in [0.1, 0.15) is 5.54 Å². The van der Waals surface area contributed by atoms with Crippen LogP contribution in [0.2, 0.25) is 0 Å². The predicted octanol–water partition coefficient (Wildman–Crippen LogP) is 0.346. The van der Waals surface area contributed by atoms with Gasteiger partial charge in [-0.2, -0.15) is 11.8 Å². The third kappa shape index (κ3) is 3.37. The summed E-state index contributed by atoms with van der Waals surface area (Å²) in [6.45, 7) is 3.05. The summed E-state index contributed by atoms with van der Waals surface area (Å²) in [7, 11) is 0. The van der Waals surface area contributed by atoms with Crippen LogP contribution in [0.3, 0.4) is 0 Å². The van der Waals surface area contributed by atoms with E-state index >= 15 is 0 Å². The molecule has 4 N–H and O–H groups in total. The molecule has 4 nitrogen and oxygen atoms in total. The molecule has 1 saturated carbocycles. The summed E-state index contributed by atoms with van der Waals surface area (Å²) >= 11 is 1.59. The molecule has 0 aromatic rings. The van der Waals surface area contributed by atoms with Gasteiger partial charge in [0.2, 0.25) is 5.91 Å². The van der Waals surface area contributed by atoms with E-state index in [9.17, 15) is 4.79 Å². The number of carbonyl (C=O) groups excluding carboxylic acids is 1. The van der Waals surface area contributed by atoms with Crippen LogP contribution in [0.25, 0.3) is 0 Å². The fraction of sp³-hybridized carbons (Fsp3) is 0.909. The third-order valence-corrected chi connectivity index (χ3v) is 4.10. The first-order valence-corrected chi connectivity index (χ1v) is 7.06. The maximum Gasteiger partial charge on any atom is 0.238 e. The van der Waals surface area contributed by atoms with Crippen molar-refractivity contribution in [3.63, 3.8) is 0 Å². The molecule has 1 amide bonds. The molecular formula is C11H22N2O2S. The average molecular weight is 246 g/mol. The second-order valence-corrected chi connectivity index (χ2v) is 5.42. The largest absolute Gasteiger partial charge is 0.396 e. The summed E-state index contributed by atoms with van der Waals surface area (Å²) in [6, 6.07) is 0. The minimum absolute atomic E-state index is 0.151. The van der Waals surface area contributed by atoms with Gasteiger partial charge in [0.05, 0.1) is 6.61 Å². The minimum atomic E-state index is -0.546. The fourth-order valence-corrected chi connectivity index (χ4v) is 2.97. The Balaban J connectivity index is 2.59. The zero-order chi connectivity index (χ0) is 12.0. The molecule has 1 fully saturated rings. The van der Waals surface area contributed by atoms with Gasteiger partial charge >= 0.3 is 0 Å². The summed E-state index contributed by atoms with van der Waals surface area (Å²) in [5.74, 6) is 1.49. The molecule has 1 aliphatic carbocycles. The third-order valence-electron chi connectivity index (χ3n) is 2.97. The topological polar surface area (TPSA) is 75.3 Å². The van der Waals surface area contributed by atoms with Gasteiger partial charge in [-0.05, 0) is 31.7 Å². The highest BCUT2D eigenvalue weighted by molar-refractivity contribution is 7.99. The molecule has 1 atom stereocenters. The van der Waals surface area contributed by atoms with Gasteiger partial charge in [-0.1, -0.05) is 6.92 Å². The molecule has 1 unspecified atom stereocenters. The molecule has 0 radical (unpaired) electrons. The van der Waals surface area contributed by atoms with Gasteiger partial charge in [0.15, 0.2) is 0 Å². The Morgan fingerprint density at radius 1 is 1.62 bits per heavy atom. The van der Waals surface area contributed by atoms with Crippen LogP contribution in [0.15, 0.2) is 0 Å². The van der Waals surface area contributed by atoms with E-state index in [2.05, 4.69) is 12.2 Å². The molecule has 1 aliphatic rings. The number of aliphatic hydroxyl groups excluding tert-OH is 1. The molecule has 94 valence electrons. The summed E-state index contributed by atoms with van der Waals surface area (Å²) in [5, 5.41) is 12.1. The molecule has 0 saturated heterocycles. The minimum Gasteiger partial charge on any atom is -0.396 e. The zero-order valence-electron chi connectivity index (χ0n) is 9.87. The van der Waals surface area contributed by atoms with Crippen LogP contribution in [-0.2, 0) is 4.79 Å². The lowest BCUT2D eigenvalue weighted by Gasteiger charge is -2.31. The van der Waals surface area contributed by atoms with E-state index in [4.69, 9.17) is 10.8 Å². The van der Waals surface area contributed by atoms with Crippen molar-refractivity contribution in [3.8, 4) is 0 Å². The highest BCUT2D eigenvalue weighted by Crippen LogP contribution is 2.41. The molecule has 0 heterocycles. The smallest absolute Gasteiger partial charge is 0.238 e. The predicted molar refractivity (Wildman–Crippen MR) is 67.4 cm³/mol. The number of nitrogens with one attached hydrogen (secondary N) is 1. The maximum atomic E-state index is 11.7. The second-order valence-electron chi connectivity index (χ2n) is 4.31. The van der Waals surface area contributed by atoms with Crippen molar-refractivity contribution in [1.29, 1.82) is 0 Å². The van der Waals surface area contributed by atoms with Crippen molar-refractivity contribution < 1.29 is 9.90 Å². The first kappa shape index (κ1) is 13.8. The summed E-state index contributed by atoms with van der Waals surface area (Å²) < 4.78 is 0. The number of hydrogen-bond acceptors (Lipinski definition) is 4. The average Bonchev–Trinajstić information content (AvgIpc) is 3.07. The molecule has 1 rings (SSSR count). The normalized spacial score (nSPS) is 19.4. The van der Waals surface area contributed by atoms with Gasteiger partial charge in [0.25, 0.3) is 0 Å². The van der Waals surface area contributed by atoms with E-state index in [-0.39, 0.29) is 12.5 Å². The fourth-order valence-electron chi connectivity index (χ4n) is 1.89. The van der Waals surface area contributed by atoms with Crippen molar-refractivity contribution in [1.82, 2.24) is 5.32 Å². The van der Waals surface area contributed by atoms with Crippen LogP contribution in [0, 0.1) is 5.92 Å². The van der Waals surface area contributed by atoms with Crippen molar-refractivity contribution in [2.75, 3.05) is 24.7 Å². The van der Waals surface area contributed by atoms with E-state index in [0.717, 1.165) is 25.8 Å². The molecule has 0 spiro atoms. The molecular weight excluding hydrogens is 224 g/mol. The van der Waals surface area contributed by atoms with Gasteiger partial charge in [-0.25, -0.2) is 0 Å². The number of carbonyl (C=O) groups is 1.